The van der Waals surface area contributed by atoms with Crippen LogP contribution in [0.15, 0.2) is 255 Å². The number of hydrogen-bond acceptors (Lipinski definition) is 2. The molecule has 2 N–H and O–H groups in total. The summed E-state index contributed by atoms with van der Waals surface area (Å²) in [7, 11) is 0. The van der Waals surface area contributed by atoms with E-state index in [2.05, 4.69) is 291 Å². The van der Waals surface area contributed by atoms with Gasteiger partial charge in [0.1, 0.15) is 0 Å². The largest absolute Gasteiger partial charge is 0.392 e. The number of H-pyrrole nitrogens is 1. The Labute approximate surface area is 587 Å². The molecule has 8 rings (SSSR count). The maximum absolute atomic E-state index is 8.31. The molecule has 2 aromatic heterocycles. The molecule has 0 bridgehead atoms. The number of aromatic amines is 1. The number of pyridine rings is 1. The number of aryl methyl sites for hydroxylation is 1. The minimum Gasteiger partial charge on any atom is -0.392 e. The maximum Gasteiger partial charge on any atom is 0.187 e. The molecule has 0 saturated carbocycles. The Morgan fingerprint density at radius 2 is 0.854 bits per heavy atom. The number of aliphatic hydroxyl groups is 1. The Kier molecular flexibility index (Phi) is 62.1. The predicted octanol–water partition coefficient (Wildman–Crippen LogP) is 29.0. The summed E-state index contributed by atoms with van der Waals surface area (Å²) >= 11 is 0. The molecule has 1 aliphatic rings. The Morgan fingerprint density at radius 1 is 0.427 bits per heavy atom. The summed E-state index contributed by atoms with van der Waals surface area (Å²) in [6.45, 7) is 30.5. The number of fused-ring (bicyclic) bond motifs is 1. The topological polar surface area (TPSA) is 53.3 Å². The van der Waals surface area contributed by atoms with E-state index in [0.717, 1.165) is 63.4 Å². The van der Waals surface area contributed by atoms with Gasteiger partial charge in [-0.1, -0.05) is 362 Å². The van der Waals surface area contributed by atoms with Crippen LogP contribution in [0.1, 0.15) is 243 Å². The Balaban J connectivity index is 0.00000107. The zero-order chi connectivity index (χ0) is 70.3. The van der Waals surface area contributed by atoms with Crippen LogP contribution in [-0.2, 0) is 6.42 Å². The van der Waals surface area contributed by atoms with Crippen LogP contribution >= 0.6 is 0 Å². The van der Waals surface area contributed by atoms with Gasteiger partial charge in [0.25, 0.3) is 0 Å². The van der Waals surface area contributed by atoms with Crippen LogP contribution in [0.4, 0.5) is 5.69 Å². The second-order valence-corrected chi connectivity index (χ2v) is 22.9. The standard InChI is InChI=1S/C14H26.C12H13N.C11H11N.2C11H14.C10H12.C9H11N.C8H14O.C6H12/c1-2-14-12-10-8-6-4-3-5-7-9-11-13-14;1-2-3-6-10-9-13-12-8-5-4-7-11(10)12;1-3-4-5-10-6-8-11(12-2)9-7-10;1-3-4-5-11-8-6-10(2)7-9-11;1-2-3-5-8-11-9-6-4-7-10-11;1-2-3-7-10-8-5-4-6-9-10;1-2-3-4-9-5-7-10-8-6-9;1-2-3-4-5-6-7-8-9;1-3-5-6-4-2/h12H,2-11,13H2,1H3;3-9,13H,2H2,1H3;4-9H,3H2,1H3;4-9H,3H2,1-2H3;3-7,9-10H,2,8H2,1H3;3-9H,2H2,1H3;3-8H,2H2,1H3;3-4,6-7,9H,2,5,8H2,1H3;5-6H,3-4H2,1-2H3/b;6-3+;2*5-4+;5-3+;7-3+;4-3+;4-3+,7-6+;6-5+. The fourth-order valence-corrected chi connectivity index (χ4v) is 9.00. The highest BCUT2D eigenvalue weighted by Gasteiger charge is 2.00. The number of aliphatic hydroxyl groups excluding tert-OH is 1. The van der Waals surface area contributed by atoms with Gasteiger partial charge in [0.2, 0.25) is 0 Å². The summed E-state index contributed by atoms with van der Waals surface area (Å²) in [6, 6.07) is 49.3. The Hall–Kier alpha value is -8.36. The molecule has 0 amide bonds. The molecule has 0 fully saturated rings. The molecule has 0 radical (unpaired) electrons. The summed E-state index contributed by atoms with van der Waals surface area (Å²) in [4.78, 5) is 10.5. The smallest absolute Gasteiger partial charge is 0.187 e. The summed E-state index contributed by atoms with van der Waals surface area (Å²) in [5, 5.41) is 9.61. The second-order valence-electron chi connectivity index (χ2n) is 22.9. The molecule has 7 aromatic rings. The molecule has 4 nitrogen and oxygen atoms in total. The summed E-state index contributed by atoms with van der Waals surface area (Å²) in [5.41, 5.74) is 12.5. The zero-order valence-corrected chi connectivity index (χ0v) is 61.7. The van der Waals surface area contributed by atoms with Gasteiger partial charge in [-0.2, -0.15) is 0 Å². The van der Waals surface area contributed by atoms with E-state index in [-0.39, 0.29) is 6.61 Å². The van der Waals surface area contributed by atoms with Crippen molar-refractivity contribution in [3.63, 3.8) is 0 Å². The number of para-hydroxylation sites is 1. The van der Waals surface area contributed by atoms with Gasteiger partial charge in [0.15, 0.2) is 5.69 Å². The fourth-order valence-electron chi connectivity index (χ4n) is 9.00. The van der Waals surface area contributed by atoms with E-state index in [1.54, 1.807) is 24.0 Å². The van der Waals surface area contributed by atoms with Crippen molar-refractivity contribution < 1.29 is 5.11 Å². The van der Waals surface area contributed by atoms with Crippen LogP contribution in [0.3, 0.4) is 0 Å². The fraction of sp³-hybridized carbons (Fsp3) is 0.370. The lowest BCUT2D eigenvalue weighted by molar-refractivity contribution is 0.342. The second kappa shape index (κ2) is 68.0. The zero-order valence-electron chi connectivity index (χ0n) is 61.7. The Morgan fingerprint density at radius 3 is 1.36 bits per heavy atom. The number of benzene rings is 5. The quantitative estimate of drug-likeness (QED) is 0.0590. The Bertz CT molecular complexity index is 3110. The van der Waals surface area contributed by atoms with Gasteiger partial charge in [-0.15, -0.1) is 0 Å². The van der Waals surface area contributed by atoms with Crippen molar-refractivity contribution in [2.24, 2.45) is 0 Å². The first-order valence-corrected chi connectivity index (χ1v) is 36.5. The van der Waals surface area contributed by atoms with E-state index in [1.807, 2.05) is 60.7 Å². The monoisotopic (exact) mass is 1290 g/mol. The number of allylic oxidation sites excluding steroid dienone is 14. The van der Waals surface area contributed by atoms with Crippen LogP contribution < -0.4 is 0 Å². The summed E-state index contributed by atoms with van der Waals surface area (Å²) in [5.74, 6) is 0. The van der Waals surface area contributed by atoms with Gasteiger partial charge in [0.05, 0.1) is 13.2 Å². The summed E-state index contributed by atoms with van der Waals surface area (Å²) < 4.78 is 0. The average molecular weight is 1290 g/mol. The molecule has 0 spiro atoms. The molecule has 516 valence electrons. The van der Waals surface area contributed by atoms with Crippen LogP contribution in [0, 0.1) is 13.5 Å². The highest BCUT2D eigenvalue weighted by atomic mass is 16.2. The third-order valence-corrected chi connectivity index (χ3v) is 14.5. The molecule has 2 heterocycles. The number of rotatable bonds is 20. The molecule has 4 heteroatoms. The molecular formula is C92H127N3O. The third kappa shape index (κ3) is 53.0. The van der Waals surface area contributed by atoms with Gasteiger partial charge in [-0.05, 0) is 161 Å². The van der Waals surface area contributed by atoms with E-state index in [9.17, 15) is 0 Å². The molecular weight excluding hydrogens is 1160 g/mol. The third-order valence-electron chi connectivity index (χ3n) is 14.5. The van der Waals surface area contributed by atoms with Crippen molar-refractivity contribution >= 4 is 47.0 Å². The van der Waals surface area contributed by atoms with Gasteiger partial charge in [-0.3, -0.25) is 4.98 Å². The minimum absolute atomic E-state index is 0.153. The van der Waals surface area contributed by atoms with E-state index < -0.39 is 0 Å². The van der Waals surface area contributed by atoms with Crippen molar-refractivity contribution in [3.8, 4) is 0 Å². The lowest BCUT2D eigenvalue weighted by Gasteiger charge is -2.07. The van der Waals surface area contributed by atoms with E-state index in [4.69, 9.17) is 11.7 Å². The van der Waals surface area contributed by atoms with Gasteiger partial charge in [0, 0.05) is 29.5 Å². The first kappa shape index (κ1) is 87.6. The van der Waals surface area contributed by atoms with Crippen molar-refractivity contribution in [2.45, 2.75) is 217 Å². The number of hydrogen-bond donors (Lipinski definition) is 2. The minimum atomic E-state index is 0.153. The number of aromatic nitrogens is 2. The van der Waals surface area contributed by atoms with Crippen LogP contribution in [0.5, 0.6) is 0 Å². The normalized spacial score (nSPS) is 12.4. The van der Waals surface area contributed by atoms with Gasteiger partial charge in [-0.25, -0.2) is 4.85 Å². The first-order valence-electron chi connectivity index (χ1n) is 36.5. The molecule has 0 atom stereocenters. The molecule has 96 heavy (non-hydrogen) atoms. The molecule has 5 aromatic carbocycles. The first-order chi connectivity index (χ1) is 47.2. The van der Waals surface area contributed by atoms with Crippen molar-refractivity contribution in [3.05, 3.63) is 305 Å². The van der Waals surface area contributed by atoms with Crippen molar-refractivity contribution in [1.29, 1.82) is 0 Å². The predicted molar refractivity (Wildman–Crippen MR) is 434 cm³/mol. The van der Waals surface area contributed by atoms with Crippen LogP contribution in [0.2, 0.25) is 0 Å². The SMILES string of the molecule is CC/C=C/C/C=C/CO.CC/C=C/CC.CC/C=C/Cc1ccccc1.CC/C=C/c1c[nH]c2ccccc12.CC/C=C/c1ccc(C)cc1.CC/C=C/c1ccccc1.CC/C=C/c1ccncc1.CCC1=CCCCCCCCCCC1.[C-]#[N+]c1ccc(/C=C/CC)cc1. The average Bonchev–Trinajstić information content (AvgIpc) is 1.74. The molecule has 0 unspecified atom stereocenters. The van der Waals surface area contributed by atoms with Gasteiger partial charge < -0.3 is 10.1 Å². The molecule has 1 aliphatic carbocycles. The van der Waals surface area contributed by atoms with E-state index in [1.165, 1.54) is 128 Å². The lowest BCUT2D eigenvalue weighted by Crippen LogP contribution is -1.87. The highest BCUT2D eigenvalue weighted by Crippen LogP contribution is 2.20. The van der Waals surface area contributed by atoms with E-state index in [0.29, 0.717) is 5.69 Å². The molecule has 0 saturated heterocycles. The number of nitrogens with zero attached hydrogens (tertiary/aromatic N) is 2. The van der Waals surface area contributed by atoms with E-state index >= 15 is 0 Å². The lowest BCUT2D eigenvalue weighted by atomic mass is 9.99. The van der Waals surface area contributed by atoms with Crippen molar-refractivity contribution in [2.75, 3.05) is 6.61 Å². The summed E-state index contributed by atoms with van der Waals surface area (Å²) in [6.07, 6.45) is 73.9. The van der Waals surface area contributed by atoms with Crippen LogP contribution in [-0.4, -0.2) is 21.7 Å². The van der Waals surface area contributed by atoms with Crippen molar-refractivity contribution in [1.82, 2.24) is 9.97 Å². The maximum atomic E-state index is 8.31. The highest BCUT2D eigenvalue weighted by molar-refractivity contribution is 5.88. The van der Waals surface area contributed by atoms with Gasteiger partial charge >= 0.3 is 0 Å². The molecule has 0 aliphatic heterocycles. The number of nitrogens with one attached hydrogen (secondary N) is 1. The van der Waals surface area contributed by atoms with Crippen LogP contribution in [0.25, 0.3) is 46.1 Å².